The molecule has 2 N–H and O–H groups in total. The lowest BCUT2D eigenvalue weighted by atomic mass is 10.0. The molecule has 0 saturated carbocycles. The van der Waals surface area contributed by atoms with Crippen molar-refractivity contribution in [1.29, 1.82) is 0 Å². The third-order valence-electron chi connectivity index (χ3n) is 3.82. The highest BCUT2D eigenvalue weighted by Crippen LogP contribution is 2.13. The topological polar surface area (TPSA) is 76.0 Å². The molecule has 0 fully saturated rings. The molecular formula is C16H28N4O2. The first-order chi connectivity index (χ1) is 10.3. The maximum atomic E-state index is 12.2. The number of amides is 2. The molecule has 0 unspecified atom stereocenters. The van der Waals surface area contributed by atoms with Crippen LogP contribution in [-0.2, 0) is 22.6 Å². The van der Waals surface area contributed by atoms with Crippen molar-refractivity contribution in [2.75, 3.05) is 6.54 Å². The number of rotatable bonds is 7. The molecule has 0 aliphatic heterocycles. The highest BCUT2D eigenvalue weighted by molar-refractivity contribution is 5.86. The fourth-order valence-corrected chi connectivity index (χ4v) is 2.61. The molecule has 0 spiro atoms. The van der Waals surface area contributed by atoms with Gasteiger partial charge in [0.15, 0.2) is 0 Å². The van der Waals surface area contributed by atoms with Crippen LogP contribution >= 0.6 is 0 Å². The third-order valence-corrected chi connectivity index (χ3v) is 3.82. The van der Waals surface area contributed by atoms with Crippen molar-refractivity contribution in [3.63, 3.8) is 0 Å². The molecule has 1 heterocycles. The Bertz CT molecular complexity index is 534. The average Bonchev–Trinajstić information content (AvgIpc) is 2.69. The monoisotopic (exact) mass is 308 g/mol. The molecule has 1 aromatic rings. The summed E-state index contributed by atoms with van der Waals surface area (Å²) in [5, 5.41) is 10.1. The van der Waals surface area contributed by atoms with Crippen LogP contribution in [-0.4, -0.2) is 34.2 Å². The lowest BCUT2D eigenvalue weighted by Gasteiger charge is -2.21. The van der Waals surface area contributed by atoms with Gasteiger partial charge >= 0.3 is 0 Å². The summed E-state index contributed by atoms with van der Waals surface area (Å²) in [6.07, 6.45) is 0.960. The number of hydrogen-bond donors (Lipinski definition) is 2. The minimum Gasteiger partial charge on any atom is -0.352 e. The highest BCUT2D eigenvalue weighted by Gasteiger charge is 2.22. The summed E-state index contributed by atoms with van der Waals surface area (Å²) >= 11 is 0. The lowest BCUT2D eigenvalue weighted by Crippen LogP contribution is -2.49. The predicted octanol–water partition coefficient (Wildman–Crippen LogP) is 1.34. The standard InChI is InChI=1S/C16H28N4O2/c1-7-14-11(4)19-20(12(14)5)9-8-17-16(22)15(10(2)3)18-13(6)21/h10,15H,7-9H2,1-6H3,(H,17,22)(H,18,21)/t15-/m0/s1. The largest absolute Gasteiger partial charge is 0.352 e. The van der Waals surface area contributed by atoms with Crippen LogP contribution in [0.1, 0.15) is 44.6 Å². The number of nitrogens with zero attached hydrogens (tertiary/aromatic N) is 2. The van der Waals surface area contributed by atoms with Crippen LogP contribution in [0, 0.1) is 19.8 Å². The second kappa shape index (κ2) is 7.96. The van der Waals surface area contributed by atoms with Gasteiger partial charge in [-0.05, 0) is 31.7 Å². The van der Waals surface area contributed by atoms with Gasteiger partial charge in [0.05, 0.1) is 12.2 Å². The minimum atomic E-state index is -0.496. The fraction of sp³-hybridized carbons (Fsp3) is 0.688. The average molecular weight is 308 g/mol. The van der Waals surface area contributed by atoms with E-state index >= 15 is 0 Å². The Hall–Kier alpha value is -1.85. The van der Waals surface area contributed by atoms with Gasteiger partial charge in [-0.2, -0.15) is 5.10 Å². The number of hydrogen-bond acceptors (Lipinski definition) is 3. The lowest BCUT2D eigenvalue weighted by molar-refractivity contribution is -0.129. The van der Waals surface area contributed by atoms with Crippen LogP contribution in [0.4, 0.5) is 0 Å². The first kappa shape index (κ1) is 18.2. The van der Waals surface area contributed by atoms with E-state index in [0.717, 1.165) is 17.8 Å². The van der Waals surface area contributed by atoms with E-state index < -0.39 is 6.04 Å². The van der Waals surface area contributed by atoms with Crippen molar-refractivity contribution in [3.05, 3.63) is 17.0 Å². The molecule has 0 aromatic carbocycles. The first-order valence-electron chi connectivity index (χ1n) is 7.85. The summed E-state index contributed by atoms with van der Waals surface area (Å²) in [6, 6.07) is -0.496. The van der Waals surface area contributed by atoms with Gasteiger partial charge < -0.3 is 10.6 Å². The van der Waals surface area contributed by atoms with Crippen molar-refractivity contribution in [2.24, 2.45) is 5.92 Å². The normalized spacial score (nSPS) is 12.3. The molecule has 1 atom stereocenters. The molecule has 22 heavy (non-hydrogen) atoms. The Morgan fingerprint density at radius 1 is 1.27 bits per heavy atom. The molecule has 1 rings (SSSR count). The molecule has 1 aromatic heterocycles. The summed E-state index contributed by atoms with van der Waals surface area (Å²) in [7, 11) is 0. The Labute approximate surface area is 132 Å². The van der Waals surface area contributed by atoms with E-state index in [-0.39, 0.29) is 17.7 Å². The molecule has 2 amide bonds. The van der Waals surface area contributed by atoms with E-state index in [0.29, 0.717) is 13.1 Å². The predicted molar refractivity (Wildman–Crippen MR) is 86.5 cm³/mol. The molecule has 0 radical (unpaired) electrons. The molecule has 6 heteroatoms. The van der Waals surface area contributed by atoms with Crippen LogP contribution in [0.3, 0.4) is 0 Å². The van der Waals surface area contributed by atoms with E-state index in [2.05, 4.69) is 29.6 Å². The van der Waals surface area contributed by atoms with Crippen molar-refractivity contribution in [2.45, 2.75) is 60.5 Å². The van der Waals surface area contributed by atoms with Gasteiger partial charge in [0.2, 0.25) is 11.8 Å². The number of aryl methyl sites for hydroxylation is 1. The van der Waals surface area contributed by atoms with Crippen molar-refractivity contribution in [1.82, 2.24) is 20.4 Å². The maximum absolute atomic E-state index is 12.2. The number of carbonyl (C=O) groups is 2. The number of aromatic nitrogens is 2. The van der Waals surface area contributed by atoms with Gasteiger partial charge in [-0.3, -0.25) is 14.3 Å². The maximum Gasteiger partial charge on any atom is 0.242 e. The van der Waals surface area contributed by atoms with Gasteiger partial charge in [0.1, 0.15) is 6.04 Å². The molecular weight excluding hydrogens is 280 g/mol. The van der Waals surface area contributed by atoms with Crippen LogP contribution in [0.2, 0.25) is 0 Å². The van der Waals surface area contributed by atoms with E-state index in [9.17, 15) is 9.59 Å². The molecule has 0 aliphatic carbocycles. The number of nitrogens with one attached hydrogen (secondary N) is 2. The van der Waals surface area contributed by atoms with E-state index in [1.807, 2.05) is 25.5 Å². The van der Waals surface area contributed by atoms with Crippen LogP contribution in [0.25, 0.3) is 0 Å². The molecule has 0 bridgehead atoms. The van der Waals surface area contributed by atoms with Crippen molar-refractivity contribution in [3.8, 4) is 0 Å². The zero-order valence-corrected chi connectivity index (χ0v) is 14.5. The second-order valence-electron chi connectivity index (χ2n) is 5.94. The van der Waals surface area contributed by atoms with E-state index in [4.69, 9.17) is 0 Å². The minimum absolute atomic E-state index is 0.0456. The summed E-state index contributed by atoms with van der Waals surface area (Å²) in [6.45, 7) is 12.5. The zero-order chi connectivity index (χ0) is 16.9. The summed E-state index contributed by atoms with van der Waals surface area (Å²) in [5.74, 6) is -0.299. The first-order valence-corrected chi connectivity index (χ1v) is 7.85. The van der Waals surface area contributed by atoms with Gasteiger partial charge in [-0.15, -0.1) is 0 Å². The Balaban J connectivity index is 2.59. The highest BCUT2D eigenvalue weighted by atomic mass is 16.2. The second-order valence-corrected chi connectivity index (χ2v) is 5.94. The fourth-order valence-electron chi connectivity index (χ4n) is 2.61. The Morgan fingerprint density at radius 3 is 2.36 bits per heavy atom. The summed E-state index contributed by atoms with van der Waals surface area (Å²) in [4.78, 5) is 23.3. The SMILES string of the molecule is CCc1c(C)nn(CCNC(=O)[C@@H](NC(C)=O)C(C)C)c1C. The van der Waals surface area contributed by atoms with Gasteiger partial charge in [-0.25, -0.2) is 0 Å². The third kappa shape index (κ3) is 4.58. The van der Waals surface area contributed by atoms with Gasteiger partial charge in [0, 0.05) is 19.2 Å². The summed E-state index contributed by atoms with van der Waals surface area (Å²) < 4.78 is 1.93. The Morgan fingerprint density at radius 2 is 1.91 bits per heavy atom. The molecule has 124 valence electrons. The zero-order valence-electron chi connectivity index (χ0n) is 14.5. The molecule has 6 nitrogen and oxygen atoms in total. The van der Waals surface area contributed by atoms with E-state index in [1.165, 1.54) is 12.5 Å². The van der Waals surface area contributed by atoms with Crippen LogP contribution in [0.15, 0.2) is 0 Å². The van der Waals surface area contributed by atoms with Crippen LogP contribution in [0.5, 0.6) is 0 Å². The van der Waals surface area contributed by atoms with Crippen molar-refractivity contribution < 1.29 is 9.59 Å². The number of carbonyl (C=O) groups excluding carboxylic acids is 2. The van der Waals surface area contributed by atoms with E-state index in [1.54, 1.807) is 0 Å². The van der Waals surface area contributed by atoms with Crippen LogP contribution < -0.4 is 10.6 Å². The Kier molecular flexibility index (Phi) is 6.59. The molecule has 0 aliphatic rings. The summed E-state index contributed by atoms with van der Waals surface area (Å²) in [5.41, 5.74) is 3.46. The van der Waals surface area contributed by atoms with Gasteiger partial charge in [0.25, 0.3) is 0 Å². The van der Waals surface area contributed by atoms with Crippen molar-refractivity contribution >= 4 is 11.8 Å². The van der Waals surface area contributed by atoms with Gasteiger partial charge in [-0.1, -0.05) is 20.8 Å². The quantitative estimate of drug-likeness (QED) is 0.798. The molecule has 0 saturated heterocycles. The smallest absolute Gasteiger partial charge is 0.242 e.